The number of pyridine rings is 1. The summed E-state index contributed by atoms with van der Waals surface area (Å²) in [7, 11) is 0. The van der Waals surface area contributed by atoms with E-state index in [0.29, 0.717) is 5.15 Å². The van der Waals surface area contributed by atoms with Gasteiger partial charge < -0.3 is 5.32 Å². The number of hydrogen-bond donors (Lipinski definition) is 1. The van der Waals surface area contributed by atoms with Crippen molar-refractivity contribution >= 4 is 39.8 Å². The van der Waals surface area contributed by atoms with E-state index in [9.17, 15) is 0 Å². The number of aromatic nitrogens is 3. The lowest BCUT2D eigenvalue weighted by Gasteiger charge is -1.98. The molecule has 0 saturated carbocycles. The Kier molecular flexibility index (Phi) is 5.22. The summed E-state index contributed by atoms with van der Waals surface area (Å²) in [5.41, 5.74) is 1.13. The summed E-state index contributed by atoms with van der Waals surface area (Å²) in [4.78, 5) is 4.04. The molecule has 0 aliphatic heterocycles. The zero-order valence-corrected chi connectivity index (χ0v) is 12.3. The van der Waals surface area contributed by atoms with E-state index in [2.05, 4.69) is 27.4 Å². The molecule has 0 atom stereocenters. The first-order chi connectivity index (χ1) is 8.78. The topological polar surface area (TPSA) is 50.7 Å². The van der Waals surface area contributed by atoms with E-state index in [0.717, 1.165) is 33.8 Å². The predicted molar refractivity (Wildman–Crippen MR) is 77.5 cm³/mol. The SMILES string of the molecule is CCCNc1nnc(SCc2ccc(Cl)nc2)s1. The van der Waals surface area contributed by atoms with Gasteiger partial charge in [0.2, 0.25) is 5.13 Å². The number of hydrogen-bond acceptors (Lipinski definition) is 6. The van der Waals surface area contributed by atoms with Gasteiger partial charge in [0.25, 0.3) is 0 Å². The van der Waals surface area contributed by atoms with Gasteiger partial charge in [-0.05, 0) is 18.1 Å². The van der Waals surface area contributed by atoms with Gasteiger partial charge in [0.1, 0.15) is 5.15 Å². The zero-order valence-electron chi connectivity index (χ0n) is 9.89. The number of nitrogens with zero attached hydrogens (tertiary/aromatic N) is 3. The summed E-state index contributed by atoms with van der Waals surface area (Å²) >= 11 is 8.97. The van der Waals surface area contributed by atoms with Gasteiger partial charge in [-0.1, -0.05) is 47.7 Å². The lowest BCUT2D eigenvalue weighted by Crippen LogP contribution is -1.98. The third-order valence-corrected chi connectivity index (χ3v) is 4.39. The molecule has 0 bridgehead atoms. The first-order valence-electron chi connectivity index (χ1n) is 5.58. The molecule has 0 aliphatic rings. The van der Waals surface area contributed by atoms with Crippen LogP contribution < -0.4 is 5.32 Å². The molecule has 0 amide bonds. The number of rotatable bonds is 6. The van der Waals surface area contributed by atoms with Gasteiger partial charge in [-0.2, -0.15) is 0 Å². The normalized spacial score (nSPS) is 10.6. The first kappa shape index (κ1) is 13.6. The van der Waals surface area contributed by atoms with Crippen molar-refractivity contribution in [3.63, 3.8) is 0 Å². The maximum absolute atomic E-state index is 5.73. The van der Waals surface area contributed by atoms with Crippen LogP contribution in [-0.4, -0.2) is 21.7 Å². The van der Waals surface area contributed by atoms with Gasteiger partial charge in [-0.15, -0.1) is 10.2 Å². The van der Waals surface area contributed by atoms with Gasteiger partial charge in [-0.3, -0.25) is 0 Å². The molecule has 1 N–H and O–H groups in total. The number of halogens is 1. The van der Waals surface area contributed by atoms with Crippen molar-refractivity contribution in [3.05, 3.63) is 29.0 Å². The minimum absolute atomic E-state index is 0.519. The fraction of sp³-hybridized carbons (Fsp3) is 0.364. The van der Waals surface area contributed by atoms with Crippen LogP contribution in [0.5, 0.6) is 0 Å². The molecule has 0 aliphatic carbocycles. The van der Waals surface area contributed by atoms with Crippen LogP contribution in [0, 0.1) is 0 Å². The minimum atomic E-state index is 0.519. The van der Waals surface area contributed by atoms with Crippen LogP contribution in [0.2, 0.25) is 5.15 Å². The zero-order chi connectivity index (χ0) is 12.8. The van der Waals surface area contributed by atoms with Crippen LogP contribution in [0.4, 0.5) is 5.13 Å². The fourth-order valence-corrected chi connectivity index (χ4v) is 3.03. The van der Waals surface area contributed by atoms with Crippen molar-refractivity contribution in [3.8, 4) is 0 Å². The molecule has 96 valence electrons. The molecule has 2 aromatic rings. The Balaban J connectivity index is 1.86. The lowest BCUT2D eigenvalue weighted by molar-refractivity contribution is 0.951. The summed E-state index contributed by atoms with van der Waals surface area (Å²) < 4.78 is 0.962. The second-order valence-corrected chi connectivity index (χ2v) is 6.16. The highest BCUT2D eigenvalue weighted by molar-refractivity contribution is 8.00. The van der Waals surface area contributed by atoms with Crippen molar-refractivity contribution < 1.29 is 0 Å². The second kappa shape index (κ2) is 6.92. The maximum atomic E-state index is 5.73. The van der Waals surface area contributed by atoms with E-state index < -0.39 is 0 Å². The highest BCUT2D eigenvalue weighted by Crippen LogP contribution is 2.28. The molecule has 0 radical (unpaired) electrons. The smallest absolute Gasteiger partial charge is 0.206 e. The Labute approximate surface area is 119 Å². The van der Waals surface area contributed by atoms with Crippen molar-refractivity contribution in [2.45, 2.75) is 23.4 Å². The quantitative estimate of drug-likeness (QED) is 0.651. The average Bonchev–Trinajstić information content (AvgIpc) is 2.84. The van der Waals surface area contributed by atoms with Gasteiger partial charge in [-0.25, -0.2) is 4.98 Å². The van der Waals surface area contributed by atoms with Crippen LogP contribution in [0.1, 0.15) is 18.9 Å². The summed E-state index contributed by atoms with van der Waals surface area (Å²) in [6, 6.07) is 3.77. The van der Waals surface area contributed by atoms with Crippen LogP contribution in [0.15, 0.2) is 22.7 Å². The molecule has 2 rings (SSSR count). The second-order valence-electron chi connectivity index (χ2n) is 3.58. The predicted octanol–water partition coefficient (Wildman–Crippen LogP) is 3.70. The van der Waals surface area contributed by atoms with E-state index in [-0.39, 0.29) is 0 Å². The summed E-state index contributed by atoms with van der Waals surface area (Å²) in [6.45, 7) is 3.05. The van der Waals surface area contributed by atoms with E-state index in [1.54, 1.807) is 35.4 Å². The highest BCUT2D eigenvalue weighted by atomic mass is 35.5. The minimum Gasteiger partial charge on any atom is -0.360 e. The maximum Gasteiger partial charge on any atom is 0.206 e. The average molecular weight is 301 g/mol. The van der Waals surface area contributed by atoms with Crippen LogP contribution in [0.25, 0.3) is 0 Å². The van der Waals surface area contributed by atoms with Crippen LogP contribution >= 0.6 is 34.7 Å². The Morgan fingerprint density at radius 2 is 2.28 bits per heavy atom. The third-order valence-electron chi connectivity index (χ3n) is 2.08. The molecule has 4 nitrogen and oxygen atoms in total. The summed E-state index contributed by atoms with van der Waals surface area (Å²) in [6.07, 6.45) is 2.87. The van der Waals surface area contributed by atoms with Crippen LogP contribution in [0.3, 0.4) is 0 Å². The van der Waals surface area contributed by atoms with Gasteiger partial charge >= 0.3 is 0 Å². The number of nitrogens with one attached hydrogen (secondary N) is 1. The third kappa shape index (κ3) is 4.12. The van der Waals surface area contributed by atoms with Crippen molar-refractivity contribution in [2.24, 2.45) is 0 Å². The number of thioether (sulfide) groups is 1. The van der Waals surface area contributed by atoms with E-state index >= 15 is 0 Å². The Morgan fingerprint density at radius 3 is 3.00 bits per heavy atom. The van der Waals surface area contributed by atoms with E-state index in [1.165, 1.54) is 0 Å². The highest BCUT2D eigenvalue weighted by Gasteiger charge is 2.04. The van der Waals surface area contributed by atoms with Gasteiger partial charge in [0.05, 0.1) is 0 Å². The standard InChI is InChI=1S/C11H13ClN4S2/c1-2-5-13-10-15-16-11(18-10)17-7-8-3-4-9(12)14-6-8/h3-4,6H,2,5,7H2,1H3,(H,13,15). The van der Waals surface area contributed by atoms with Gasteiger partial charge in [0.15, 0.2) is 4.34 Å². The summed E-state index contributed by atoms with van der Waals surface area (Å²) in [5.74, 6) is 0.826. The van der Waals surface area contributed by atoms with Crippen molar-refractivity contribution in [1.29, 1.82) is 0 Å². The largest absolute Gasteiger partial charge is 0.360 e. The van der Waals surface area contributed by atoms with E-state index in [1.807, 2.05) is 6.07 Å². The molecule has 2 aromatic heterocycles. The molecule has 0 aromatic carbocycles. The molecule has 0 fully saturated rings. The first-order valence-corrected chi connectivity index (χ1v) is 7.76. The molecule has 0 spiro atoms. The Morgan fingerprint density at radius 1 is 1.39 bits per heavy atom. The molecule has 18 heavy (non-hydrogen) atoms. The monoisotopic (exact) mass is 300 g/mol. The van der Waals surface area contributed by atoms with E-state index in [4.69, 9.17) is 11.6 Å². The van der Waals surface area contributed by atoms with Crippen molar-refractivity contribution in [2.75, 3.05) is 11.9 Å². The number of anilines is 1. The lowest BCUT2D eigenvalue weighted by atomic mass is 10.3. The molecule has 2 heterocycles. The fourth-order valence-electron chi connectivity index (χ4n) is 1.21. The van der Waals surface area contributed by atoms with Crippen LogP contribution in [-0.2, 0) is 5.75 Å². The van der Waals surface area contributed by atoms with Gasteiger partial charge in [0, 0.05) is 18.5 Å². The molecule has 0 unspecified atom stereocenters. The molecule has 0 saturated heterocycles. The molecular formula is C11H13ClN4S2. The molecular weight excluding hydrogens is 288 g/mol. The Hall–Kier alpha value is -0.850. The molecule has 7 heteroatoms. The van der Waals surface area contributed by atoms with Crippen molar-refractivity contribution in [1.82, 2.24) is 15.2 Å². The summed E-state index contributed by atoms with van der Waals surface area (Å²) in [5, 5.41) is 12.8. The Bertz CT molecular complexity index is 486.